The van der Waals surface area contributed by atoms with Gasteiger partial charge in [-0.1, -0.05) is 23.7 Å². The van der Waals surface area contributed by atoms with Crippen LogP contribution >= 0.6 is 11.6 Å². The molecule has 7 nitrogen and oxygen atoms in total. The first kappa shape index (κ1) is 21.8. The fourth-order valence-electron chi connectivity index (χ4n) is 4.04. The molecule has 3 N–H and O–H groups in total. The highest BCUT2D eigenvalue weighted by Gasteiger charge is 2.28. The van der Waals surface area contributed by atoms with Gasteiger partial charge in [-0.3, -0.25) is 9.59 Å². The fraction of sp³-hybridized carbons (Fsp3) is 0.250. The number of nitrogens with zero attached hydrogens (tertiary/aromatic N) is 3. The van der Waals surface area contributed by atoms with Crippen molar-refractivity contribution in [1.82, 2.24) is 14.9 Å². The maximum absolute atomic E-state index is 13.1. The number of nitrogens with two attached hydrogens (primary N) is 1. The van der Waals surface area contributed by atoms with Crippen LogP contribution in [-0.2, 0) is 4.79 Å². The lowest BCUT2D eigenvalue weighted by Crippen LogP contribution is -2.39. The Balaban J connectivity index is 1.56. The van der Waals surface area contributed by atoms with Crippen molar-refractivity contribution in [1.29, 1.82) is 0 Å². The van der Waals surface area contributed by atoms with Gasteiger partial charge in [-0.25, -0.2) is 9.97 Å². The second-order valence-electron chi connectivity index (χ2n) is 7.88. The van der Waals surface area contributed by atoms with Crippen molar-refractivity contribution >= 4 is 35.1 Å². The Morgan fingerprint density at radius 2 is 1.84 bits per heavy atom. The van der Waals surface area contributed by atoms with Gasteiger partial charge in [0.1, 0.15) is 0 Å². The van der Waals surface area contributed by atoms with Crippen molar-refractivity contribution in [2.45, 2.75) is 25.7 Å². The summed E-state index contributed by atoms with van der Waals surface area (Å²) in [4.78, 5) is 34.9. The zero-order chi connectivity index (χ0) is 22.7. The van der Waals surface area contributed by atoms with E-state index in [1.807, 2.05) is 29.2 Å². The second kappa shape index (κ2) is 9.36. The average Bonchev–Trinajstić information content (AvgIpc) is 2.79. The molecule has 8 heteroatoms. The van der Waals surface area contributed by atoms with Crippen LogP contribution in [0.4, 0.5) is 11.6 Å². The molecular formula is C24H24ClN5O2. The third-order valence-electron chi connectivity index (χ3n) is 5.54. The molecule has 0 saturated carbocycles. The second-order valence-corrected chi connectivity index (χ2v) is 8.32. The van der Waals surface area contributed by atoms with Gasteiger partial charge in [-0.05, 0) is 54.8 Å². The van der Waals surface area contributed by atoms with Crippen LogP contribution < -0.4 is 11.1 Å². The molecule has 0 spiro atoms. The first-order valence-electron chi connectivity index (χ1n) is 10.5. The predicted molar refractivity (Wildman–Crippen MR) is 126 cm³/mol. The highest BCUT2D eigenvalue weighted by Crippen LogP contribution is 2.34. The number of anilines is 2. The third-order valence-corrected chi connectivity index (χ3v) is 5.79. The van der Waals surface area contributed by atoms with Crippen molar-refractivity contribution in [2.75, 3.05) is 24.1 Å². The molecule has 164 valence electrons. The summed E-state index contributed by atoms with van der Waals surface area (Å²) in [5, 5.41) is 3.37. The third kappa shape index (κ3) is 4.89. The van der Waals surface area contributed by atoms with Crippen LogP contribution in [0.25, 0.3) is 11.1 Å². The number of rotatable bonds is 4. The topological polar surface area (TPSA) is 101 Å². The number of hydrogen-bond donors (Lipinski definition) is 2. The predicted octanol–water partition coefficient (Wildman–Crippen LogP) is 4.36. The molecule has 4 rings (SSSR count). The summed E-state index contributed by atoms with van der Waals surface area (Å²) >= 11 is 6.04. The van der Waals surface area contributed by atoms with E-state index in [2.05, 4.69) is 15.3 Å². The lowest BCUT2D eigenvalue weighted by atomic mass is 9.89. The van der Waals surface area contributed by atoms with E-state index < -0.39 is 0 Å². The molecule has 2 aromatic carbocycles. The summed E-state index contributed by atoms with van der Waals surface area (Å²) in [7, 11) is 0. The van der Waals surface area contributed by atoms with Gasteiger partial charge >= 0.3 is 0 Å². The Kier molecular flexibility index (Phi) is 6.37. The molecule has 2 heterocycles. The number of nitrogens with one attached hydrogen (secondary N) is 1. The summed E-state index contributed by atoms with van der Waals surface area (Å²) in [6, 6.07) is 14.5. The Labute approximate surface area is 191 Å². The molecule has 1 atom stereocenters. The molecule has 0 radical (unpaired) electrons. The maximum atomic E-state index is 13.1. The van der Waals surface area contributed by atoms with Crippen molar-refractivity contribution in [3.63, 3.8) is 0 Å². The van der Waals surface area contributed by atoms with Gasteiger partial charge in [-0.15, -0.1) is 0 Å². The molecule has 32 heavy (non-hydrogen) atoms. The molecule has 1 aliphatic rings. The standard InChI is InChI=1S/C24H24ClN5O2/c1-15(31)28-20-10-6-17(7-11-20)23(32)30-12-2-3-18(14-30)22-21(13-27-24(26)29-22)16-4-8-19(25)9-5-16/h4-11,13,18H,2-3,12,14H2,1H3,(H,28,31)(H2,26,27,29)/t18-/m0/s1. The summed E-state index contributed by atoms with van der Waals surface area (Å²) in [6.45, 7) is 2.67. The lowest BCUT2D eigenvalue weighted by molar-refractivity contribution is -0.114. The van der Waals surface area contributed by atoms with Crippen LogP contribution in [0.1, 0.15) is 41.7 Å². The zero-order valence-corrected chi connectivity index (χ0v) is 18.5. The largest absolute Gasteiger partial charge is 0.368 e. The van der Waals surface area contributed by atoms with Crippen LogP contribution in [0.2, 0.25) is 5.02 Å². The van der Waals surface area contributed by atoms with E-state index in [9.17, 15) is 9.59 Å². The van der Waals surface area contributed by atoms with E-state index in [1.165, 1.54) is 6.92 Å². The van der Waals surface area contributed by atoms with Gasteiger partial charge in [0, 0.05) is 54.0 Å². The molecule has 1 saturated heterocycles. The van der Waals surface area contributed by atoms with E-state index >= 15 is 0 Å². The monoisotopic (exact) mass is 449 g/mol. The smallest absolute Gasteiger partial charge is 0.253 e. The number of likely N-dealkylation sites (tertiary alicyclic amines) is 1. The van der Waals surface area contributed by atoms with Crippen LogP contribution in [0.15, 0.2) is 54.7 Å². The van der Waals surface area contributed by atoms with Gasteiger partial charge in [0.05, 0.1) is 5.69 Å². The lowest BCUT2D eigenvalue weighted by Gasteiger charge is -2.33. The number of piperidine rings is 1. The molecule has 1 aromatic heterocycles. The van der Waals surface area contributed by atoms with E-state index in [4.69, 9.17) is 17.3 Å². The van der Waals surface area contributed by atoms with E-state index in [-0.39, 0.29) is 23.7 Å². The molecule has 2 amide bonds. The number of aromatic nitrogens is 2. The van der Waals surface area contributed by atoms with Gasteiger partial charge in [0.15, 0.2) is 0 Å². The summed E-state index contributed by atoms with van der Waals surface area (Å²) in [6.07, 6.45) is 3.51. The van der Waals surface area contributed by atoms with Crippen molar-refractivity contribution in [3.05, 3.63) is 71.0 Å². The summed E-state index contributed by atoms with van der Waals surface area (Å²) in [5.74, 6) is 0.0692. The molecule has 3 aromatic rings. The first-order chi connectivity index (χ1) is 15.4. The van der Waals surface area contributed by atoms with Crippen molar-refractivity contribution in [2.24, 2.45) is 0 Å². The number of carbonyl (C=O) groups is 2. The Morgan fingerprint density at radius 3 is 2.53 bits per heavy atom. The minimum absolute atomic E-state index is 0.0425. The van der Waals surface area contributed by atoms with Crippen LogP contribution in [-0.4, -0.2) is 39.8 Å². The molecule has 0 bridgehead atoms. The number of hydrogen-bond acceptors (Lipinski definition) is 5. The van der Waals surface area contributed by atoms with Gasteiger partial charge in [0.2, 0.25) is 11.9 Å². The maximum Gasteiger partial charge on any atom is 0.253 e. The van der Waals surface area contributed by atoms with Gasteiger partial charge in [-0.2, -0.15) is 0 Å². The Morgan fingerprint density at radius 1 is 1.12 bits per heavy atom. The van der Waals surface area contributed by atoms with Crippen LogP contribution in [0.3, 0.4) is 0 Å². The molecule has 1 aliphatic heterocycles. The minimum Gasteiger partial charge on any atom is -0.368 e. The van der Waals surface area contributed by atoms with Gasteiger partial charge in [0.25, 0.3) is 5.91 Å². The highest BCUT2D eigenvalue weighted by molar-refractivity contribution is 6.30. The van der Waals surface area contributed by atoms with E-state index in [1.54, 1.807) is 30.5 Å². The summed E-state index contributed by atoms with van der Waals surface area (Å²) < 4.78 is 0. The summed E-state index contributed by atoms with van der Waals surface area (Å²) in [5.41, 5.74) is 9.86. The SMILES string of the molecule is CC(=O)Nc1ccc(C(=O)N2CCC[C@H](c3nc(N)ncc3-c3ccc(Cl)cc3)C2)cc1. The van der Waals surface area contributed by atoms with E-state index in [0.717, 1.165) is 29.7 Å². The highest BCUT2D eigenvalue weighted by atomic mass is 35.5. The minimum atomic E-state index is -0.149. The van der Waals surface area contributed by atoms with E-state index in [0.29, 0.717) is 29.4 Å². The number of halogens is 1. The number of benzene rings is 2. The Hall–Kier alpha value is -3.45. The average molecular weight is 450 g/mol. The van der Waals surface area contributed by atoms with Gasteiger partial charge < -0.3 is 16.0 Å². The first-order valence-corrected chi connectivity index (χ1v) is 10.8. The zero-order valence-electron chi connectivity index (χ0n) is 17.7. The fourth-order valence-corrected chi connectivity index (χ4v) is 4.17. The van der Waals surface area contributed by atoms with Crippen molar-refractivity contribution in [3.8, 4) is 11.1 Å². The molecule has 0 unspecified atom stereocenters. The number of amides is 2. The quantitative estimate of drug-likeness (QED) is 0.616. The van der Waals surface area contributed by atoms with Crippen molar-refractivity contribution < 1.29 is 9.59 Å². The molecule has 1 fully saturated rings. The van der Waals surface area contributed by atoms with Crippen LogP contribution in [0, 0.1) is 0 Å². The molecular weight excluding hydrogens is 426 g/mol. The molecule has 0 aliphatic carbocycles. The Bertz CT molecular complexity index is 1130. The van der Waals surface area contributed by atoms with Crippen LogP contribution in [0.5, 0.6) is 0 Å². The number of nitrogen functional groups attached to an aromatic ring is 1. The number of carbonyl (C=O) groups excluding carboxylic acids is 2. The normalized spacial score (nSPS) is 15.9.